The number of alkyl halides is 5. The van der Waals surface area contributed by atoms with Crippen molar-refractivity contribution >= 4 is 25.7 Å². The van der Waals surface area contributed by atoms with Gasteiger partial charge in [-0.2, -0.15) is 22.0 Å². The molecule has 248 valence electrons. The van der Waals surface area contributed by atoms with Gasteiger partial charge in [0.25, 0.3) is 10.0 Å². The first-order valence-electron chi connectivity index (χ1n) is 13.9. The van der Waals surface area contributed by atoms with Gasteiger partial charge in [-0.25, -0.2) is 25.5 Å². The molecule has 3 aromatic carbocycles. The van der Waals surface area contributed by atoms with Gasteiger partial charge in [0.05, 0.1) is 28.9 Å². The SMILES string of the molecule is CS(=O)(=O)N1CC2(CN(C[C@H]3CN(S(=O)(=O)c4cccc(C(F)(F)F)c4)c4cc(-c5cc(F)cc(OC(F)F)c5)ccc4O3)C2)C1. The zero-order chi connectivity index (χ0) is 33.2. The van der Waals surface area contributed by atoms with Crippen LogP contribution in [-0.4, -0.2) is 84.3 Å². The van der Waals surface area contributed by atoms with E-state index in [4.69, 9.17) is 4.74 Å². The van der Waals surface area contributed by atoms with Crippen molar-refractivity contribution in [1.82, 2.24) is 9.21 Å². The first kappa shape index (κ1) is 32.4. The second-order valence-electron chi connectivity index (χ2n) is 11.7. The van der Waals surface area contributed by atoms with Gasteiger partial charge in [0.2, 0.25) is 10.0 Å². The number of hydrogen-bond acceptors (Lipinski definition) is 7. The molecule has 9 nitrogen and oxygen atoms in total. The molecule has 46 heavy (non-hydrogen) atoms. The van der Waals surface area contributed by atoms with Gasteiger partial charge in [-0.1, -0.05) is 12.1 Å². The number of nitrogens with zero attached hydrogens (tertiary/aromatic N) is 3. The van der Waals surface area contributed by atoms with Crippen molar-refractivity contribution in [3.8, 4) is 22.6 Å². The molecule has 3 heterocycles. The van der Waals surface area contributed by atoms with Crippen LogP contribution in [0.15, 0.2) is 65.6 Å². The maximum absolute atomic E-state index is 14.3. The minimum Gasteiger partial charge on any atom is -0.485 e. The third kappa shape index (κ3) is 6.37. The first-order chi connectivity index (χ1) is 21.4. The fourth-order valence-corrected chi connectivity index (χ4v) is 8.69. The minimum absolute atomic E-state index is 0.0467. The van der Waals surface area contributed by atoms with Gasteiger partial charge in [0.15, 0.2) is 0 Å². The molecule has 0 N–H and O–H groups in total. The van der Waals surface area contributed by atoms with E-state index in [0.717, 1.165) is 47.0 Å². The molecule has 0 radical (unpaired) electrons. The van der Waals surface area contributed by atoms with E-state index in [1.54, 1.807) is 0 Å². The molecule has 6 rings (SSSR count). The highest BCUT2D eigenvalue weighted by Gasteiger charge is 2.54. The summed E-state index contributed by atoms with van der Waals surface area (Å²) >= 11 is 0. The van der Waals surface area contributed by atoms with Crippen molar-refractivity contribution in [2.24, 2.45) is 5.41 Å². The second kappa shape index (κ2) is 11.3. The van der Waals surface area contributed by atoms with Crippen LogP contribution >= 0.6 is 0 Å². The number of ether oxygens (including phenoxy) is 2. The highest BCUT2D eigenvalue weighted by molar-refractivity contribution is 7.92. The summed E-state index contributed by atoms with van der Waals surface area (Å²) in [4.78, 5) is 1.37. The number of likely N-dealkylation sites (tertiary alicyclic amines) is 1. The average Bonchev–Trinajstić information content (AvgIpc) is 2.91. The van der Waals surface area contributed by atoms with Crippen LogP contribution in [0.3, 0.4) is 0 Å². The highest BCUT2D eigenvalue weighted by atomic mass is 32.2. The van der Waals surface area contributed by atoms with Crippen molar-refractivity contribution in [3.05, 3.63) is 72.0 Å². The molecule has 2 fully saturated rings. The van der Waals surface area contributed by atoms with E-state index in [-0.39, 0.29) is 41.1 Å². The van der Waals surface area contributed by atoms with Crippen molar-refractivity contribution in [3.63, 3.8) is 0 Å². The third-order valence-corrected chi connectivity index (χ3v) is 11.1. The Bertz CT molecular complexity index is 1880. The molecule has 0 aliphatic carbocycles. The normalized spacial score (nSPS) is 20.2. The Balaban J connectivity index is 1.32. The molecule has 0 unspecified atom stereocenters. The largest absolute Gasteiger partial charge is 0.485 e. The number of rotatable bonds is 8. The first-order valence-corrected chi connectivity index (χ1v) is 17.1. The van der Waals surface area contributed by atoms with Crippen LogP contribution in [0, 0.1) is 11.2 Å². The maximum atomic E-state index is 14.3. The molecule has 3 aromatic rings. The lowest BCUT2D eigenvalue weighted by atomic mass is 9.74. The van der Waals surface area contributed by atoms with E-state index in [1.165, 1.54) is 22.5 Å². The Morgan fingerprint density at radius 3 is 2.33 bits per heavy atom. The lowest BCUT2D eigenvalue weighted by Crippen LogP contribution is -2.73. The van der Waals surface area contributed by atoms with Crippen molar-refractivity contribution in [2.45, 2.75) is 23.8 Å². The quantitative estimate of drug-likeness (QED) is 0.318. The molecule has 0 bridgehead atoms. The standard InChI is InChI=1S/C29H27F6N3O6S2/c1-45(39,40)37-16-28(17-37)14-36(15-28)12-23-13-38(46(41,42)24-4-2-3-20(10-24)29(33,34)35)25-9-18(5-6-26(25)43-23)19-7-21(30)11-22(8-19)44-27(31)32/h2-11,23,27H,12-17H2,1H3/t23-/m0/s1. The molecule has 0 aromatic heterocycles. The summed E-state index contributed by atoms with van der Waals surface area (Å²) in [5.74, 6) is -1.28. The molecule has 1 spiro atoms. The smallest absolute Gasteiger partial charge is 0.416 e. The number of sulfonamides is 2. The number of benzene rings is 3. The summed E-state index contributed by atoms with van der Waals surface area (Å²) in [6.45, 7) is -1.42. The number of halogens is 6. The van der Waals surface area contributed by atoms with E-state index >= 15 is 0 Å². The second-order valence-corrected chi connectivity index (χ2v) is 15.6. The molecular weight excluding hydrogens is 664 g/mol. The van der Waals surface area contributed by atoms with Crippen LogP contribution in [0.5, 0.6) is 11.5 Å². The summed E-state index contributed by atoms with van der Waals surface area (Å²) in [7, 11) is -7.93. The molecular formula is C29H27F6N3O6S2. The molecule has 3 aliphatic rings. The van der Waals surface area contributed by atoms with Crippen LogP contribution in [0.2, 0.25) is 0 Å². The summed E-state index contributed by atoms with van der Waals surface area (Å²) in [5, 5.41) is 0. The molecule has 1 atom stereocenters. The van der Waals surface area contributed by atoms with Gasteiger partial charge < -0.3 is 9.47 Å². The summed E-state index contributed by atoms with van der Waals surface area (Å²) < 4.78 is 145. The molecule has 17 heteroatoms. The lowest BCUT2D eigenvalue weighted by Gasteiger charge is -2.60. The van der Waals surface area contributed by atoms with E-state index < -0.39 is 61.0 Å². The monoisotopic (exact) mass is 691 g/mol. The predicted molar refractivity (Wildman–Crippen MR) is 154 cm³/mol. The Hall–Kier alpha value is -3.54. The average molecular weight is 692 g/mol. The summed E-state index contributed by atoms with van der Waals surface area (Å²) in [5.41, 5.74) is -1.13. The molecule has 0 amide bonds. The number of anilines is 1. The van der Waals surface area contributed by atoms with Crippen LogP contribution in [0.25, 0.3) is 11.1 Å². The number of hydrogen-bond donors (Lipinski definition) is 0. The Morgan fingerprint density at radius 2 is 1.67 bits per heavy atom. The van der Waals surface area contributed by atoms with Gasteiger partial charge in [-0.15, -0.1) is 0 Å². The van der Waals surface area contributed by atoms with Gasteiger partial charge >= 0.3 is 12.8 Å². The lowest BCUT2D eigenvalue weighted by molar-refractivity contribution is -0.137. The Kier molecular flexibility index (Phi) is 7.97. The zero-order valence-corrected chi connectivity index (χ0v) is 25.7. The van der Waals surface area contributed by atoms with Crippen molar-refractivity contribution < 1.29 is 52.7 Å². The maximum Gasteiger partial charge on any atom is 0.416 e. The van der Waals surface area contributed by atoms with Gasteiger partial charge in [-0.05, 0) is 53.6 Å². The Labute approximate surface area is 261 Å². The van der Waals surface area contributed by atoms with Crippen LogP contribution in [0.1, 0.15) is 5.56 Å². The van der Waals surface area contributed by atoms with Crippen molar-refractivity contribution in [1.29, 1.82) is 0 Å². The van der Waals surface area contributed by atoms with E-state index in [1.807, 2.05) is 4.90 Å². The summed E-state index contributed by atoms with van der Waals surface area (Å²) in [6, 6.07) is 10.4. The fourth-order valence-electron chi connectivity index (χ4n) is 6.13. The third-order valence-electron chi connectivity index (χ3n) is 8.14. The topological polar surface area (TPSA) is 96.5 Å². The molecule has 3 aliphatic heterocycles. The predicted octanol–water partition coefficient (Wildman–Crippen LogP) is 4.65. The van der Waals surface area contributed by atoms with E-state index in [9.17, 15) is 43.2 Å². The Morgan fingerprint density at radius 1 is 0.957 bits per heavy atom. The summed E-state index contributed by atoms with van der Waals surface area (Å²) in [6.07, 6.45) is -4.43. The van der Waals surface area contributed by atoms with Crippen LogP contribution in [0.4, 0.5) is 32.0 Å². The van der Waals surface area contributed by atoms with Crippen molar-refractivity contribution in [2.75, 3.05) is 49.8 Å². The van der Waals surface area contributed by atoms with E-state index in [0.29, 0.717) is 32.2 Å². The van der Waals surface area contributed by atoms with Gasteiger partial charge in [0.1, 0.15) is 23.4 Å². The molecule has 0 saturated carbocycles. The van der Waals surface area contributed by atoms with Gasteiger partial charge in [0, 0.05) is 44.2 Å². The number of fused-ring (bicyclic) bond motifs is 1. The minimum atomic E-state index is -4.80. The highest BCUT2D eigenvalue weighted by Crippen LogP contribution is 2.44. The molecule has 2 saturated heterocycles. The van der Waals surface area contributed by atoms with E-state index in [2.05, 4.69) is 4.74 Å². The van der Waals surface area contributed by atoms with Gasteiger partial charge in [-0.3, -0.25) is 9.21 Å². The zero-order valence-electron chi connectivity index (χ0n) is 24.0. The van der Waals surface area contributed by atoms with Crippen LogP contribution in [-0.2, 0) is 26.2 Å². The fraction of sp³-hybridized carbons (Fsp3) is 0.379. The van der Waals surface area contributed by atoms with Crippen LogP contribution < -0.4 is 13.8 Å².